The van der Waals surface area contributed by atoms with Crippen LogP contribution >= 0.6 is 15.9 Å². The molecule has 0 aliphatic heterocycles. The van der Waals surface area contributed by atoms with Crippen LogP contribution < -0.4 is 0 Å². The fourth-order valence-electron chi connectivity index (χ4n) is 2.43. The zero-order chi connectivity index (χ0) is 14.3. The highest BCUT2D eigenvalue weighted by atomic mass is 79.9. The second-order valence-electron chi connectivity index (χ2n) is 4.49. The maximum atomic E-state index is 12.0. The molecular weight excluding hydrogens is 328 g/mol. The second-order valence-corrected chi connectivity index (χ2v) is 7.82. The van der Waals surface area contributed by atoms with Crippen molar-refractivity contribution in [2.75, 3.05) is 5.75 Å². The third-order valence-corrected chi connectivity index (χ3v) is 6.27. The number of halogens is 1. The normalized spacial score (nSPS) is 24.2. The number of hydrogen-bond acceptors (Lipinski definition) is 4. The van der Waals surface area contributed by atoms with Gasteiger partial charge in [-0.25, -0.2) is 8.42 Å². The van der Waals surface area contributed by atoms with Gasteiger partial charge in [-0.2, -0.15) is 10.5 Å². The molecule has 6 heteroatoms. The minimum Gasteiger partial charge on any atom is -0.228 e. The van der Waals surface area contributed by atoms with Gasteiger partial charge in [-0.3, -0.25) is 0 Å². The second kappa shape index (κ2) is 4.63. The quantitative estimate of drug-likeness (QED) is 0.847. The Morgan fingerprint density at radius 2 is 1.79 bits per heavy atom. The maximum Gasteiger partial charge on any atom is 0.169 e. The molecule has 0 spiro atoms. The van der Waals surface area contributed by atoms with E-state index in [-0.39, 0.29) is 5.75 Å². The van der Waals surface area contributed by atoms with Crippen LogP contribution in [0.2, 0.25) is 0 Å². The fraction of sp³-hybridized carbons (Fsp3) is 0.385. The van der Waals surface area contributed by atoms with Crippen LogP contribution in [0.4, 0.5) is 0 Å². The average Bonchev–Trinajstić information content (AvgIpc) is 3.10. The molecule has 2 rings (SSSR count). The van der Waals surface area contributed by atoms with E-state index in [1.54, 1.807) is 24.3 Å². The van der Waals surface area contributed by atoms with Crippen LogP contribution in [0.3, 0.4) is 0 Å². The van der Waals surface area contributed by atoms with Crippen LogP contribution in [-0.4, -0.2) is 19.4 Å². The molecule has 1 aromatic carbocycles. The Hall–Kier alpha value is -1.37. The molecule has 0 aromatic heterocycles. The number of nitriles is 2. The summed E-state index contributed by atoms with van der Waals surface area (Å²) in [4.78, 5) is 0. The molecule has 1 fully saturated rings. The molecule has 0 radical (unpaired) electrons. The van der Waals surface area contributed by atoms with Crippen LogP contribution in [0.15, 0.2) is 28.7 Å². The van der Waals surface area contributed by atoms with Crippen LogP contribution in [0.5, 0.6) is 0 Å². The van der Waals surface area contributed by atoms with E-state index in [0.29, 0.717) is 5.56 Å². The zero-order valence-corrected chi connectivity index (χ0v) is 12.6. The smallest absolute Gasteiger partial charge is 0.169 e. The molecule has 1 saturated carbocycles. The van der Waals surface area contributed by atoms with Crippen molar-refractivity contribution in [3.05, 3.63) is 34.3 Å². The summed E-state index contributed by atoms with van der Waals surface area (Å²) in [6.07, 6.45) is 0. The van der Waals surface area contributed by atoms with E-state index in [2.05, 4.69) is 15.9 Å². The van der Waals surface area contributed by atoms with Crippen molar-refractivity contribution in [2.24, 2.45) is 5.41 Å². The van der Waals surface area contributed by atoms with Crippen LogP contribution in [0, 0.1) is 28.1 Å². The van der Waals surface area contributed by atoms with Gasteiger partial charge in [0.1, 0.15) is 5.25 Å². The van der Waals surface area contributed by atoms with Crippen molar-refractivity contribution in [3.63, 3.8) is 0 Å². The van der Waals surface area contributed by atoms with E-state index in [4.69, 9.17) is 0 Å². The predicted molar refractivity (Wildman–Crippen MR) is 73.8 cm³/mol. The standard InChI is InChI=1S/C13H11BrN2O2S/c1-2-19(17,18)12-11(13(12,7-15)8-16)9-3-5-10(14)6-4-9/h3-6,11-12H,2H2,1H3/t11-,12-/m1/s1. The van der Waals surface area contributed by atoms with Gasteiger partial charge in [0, 0.05) is 16.1 Å². The van der Waals surface area contributed by atoms with Crippen molar-refractivity contribution in [1.29, 1.82) is 10.5 Å². The molecule has 98 valence electrons. The molecule has 1 aliphatic rings. The number of rotatable bonds is 3. The molecular formula is C13H11BrN2O2S. The Kier molecular flexibility index (Phi) is 3.42. The number of sulfone groups is 1. The van der Waals surface area contributed by atoms with E-state index in [1.165, 1.54) is 6.92 Å². The number of benzene rings is 1. The minimum absolute atomic E-state index is 0.0597. The Balaban J connectivity index is 2.50. The highest BCUT2D eigenvalue weighted by molar-refractivity contribution is 9.10. The van der Waals surface area contributed by atoms with Gasteiger partial charge in [0.05, 0.1) is 12.1 Å². The van der Waals surface area contributed by atoms with Crippen molar-refractivity contribution in [1.82, 2.24) is 0 Å². The minimum atomic E-state index is -3.42. The SMILES string of the molecule is CCS(=O)(=O)[C@@H]1[C@@H](c2ccc(Br)cc2)C1(C#N)C#N. The highest BCUT2D eigenvalue weighted by Gasteiger charge is 2.72. The first kappa shape index (κ1) is 14.0. The molecule has 1 aromatic rings. The van der Waals surface area contributed by atoms with E-state index in [1.807, 2.05) is 12.1 Å². The van der Waals surface area contributed by atoms with Crippen LogP contribution in [-0.2, 0) is 9.84 Å². The van der Waals surface area contributed by atoms with Gasteiger partial charge >= 0.3 is 0 Å². The number of nitrogens with zero attached hydrogens (tertiary/aromatic N) is 2. The van der Waals surface area contributed by atoms with Gasteiger partial charge in [-0.1, -0.05) is 35.0 Å². The lowest BCUT2D eigenvalue weighted by Crippen LogP contribution is -2.15. The van der Waals surface area contributed by atoms with E-state index < -0.39 is 26.4 Å². The lowest BCUT2D eigenvalue weighted by atomic mass is 10.0. The molecule has 1 aliphatic carbocycles. The molecule has 0 unspecified atom stereocenters. The van der Waals surface area contributed by atoms with Crippen molar-refractivity contribution >= 4 is 25.8 Å². The first-order valence-electron chi connectivity index (χ1n) is 5.72. The summed E-state index contributed by atoms with van der Waals surface area (Å²) in [6, 6.07) is 10.9. The lowest BCUT2D eigenvalue weighted by Gasteiger charge is -2.00. The van der Waals surface area contributed by atoms with Crippen molar-refractivity contribution < 1.29 is 8.42 Å². The van der Waals surface area contributed by atoms with Crippen LogP contribution in [0.25, 0.3) is 0 Å². The molecule has 19 heavy (non-hydrogen) atoms. The largest absolute Gasteiger partial charge is 0.228 e. The Labute approximate surface area is 120 Å². The molecule has 0 saturated heterocycles. The Bertz CT molecular complexity index is 669. The van der Waals surface area contributed by atoms with Crippen molar-refractivity contribution in [3.8, 4) is 12.1 Å². The molecule has 0 N–H and O–H groups in total. The van der Waals surface area contributed by atoms with Gasteiger partial charge in [0.15, 0.2) is 15.3 Å². The maximum absolute atomic E-state index is 12.0. The predicted octanol–water partition coefficient (Wildman–Crippen LogP) is 2.38. The fourth-order valence-corrected chi connectivity index (χ4v) is 4.58. The van der Waals surface area contributed by atoms with Crippen LogP contribution in [0.1, 0.15) is 18.4 Å². The summed E-state index contributed by atoms with van der Waals surface area (Å²) in [5.41, 5.74) is -0.726. The summed E-state index contributed by atoms with van der Waals surface area (Å²) in [7, 11) is -3.42. The first-order chi connectivity index (χ1) is 8.93. The molecule has 2 atom stereocenters. The van der Waals surface area contributed by atoms with E-state index in [9.17, 15) is 18.9 Å². The number of hydrogen-bond donors (Lipinski definition) is 0. The summed E-state index contributed by atoms with van der Waals surface area (Å²) < 4.78 is 24.9. The van der Waals surface area contributed by atoms with E-state index in [0.717, 1.165) is 4.47 Å². The first-order valence-corrected chi connectivity index (χ1v) is 8.23. The Morgan fingerprint density at radius 1 is 1.26 bits per heavy atom. The molecule has 0 bridgehead atoms. The van der Waals surface area contributed by atoms with E-state index >= 15 is 0 Å². The summed E-state index contributed by atoms with van der Waals surface area (Å²) in [5.74, 6) is -0.615. The Morgan fingerprint density at radius 3 is 2.21 bits per heavy atom. The highest BCUT2D eigenvalue weighted by Crippen LogP contribution is 2.62. The van der Waals surface area contributed by atoms with Gasteiger partial charge in [0.2, 0.25) is 0 Å². The monoisotopic (exact) mass is 338 g/mol. The third-order valence-electron chi connectivity index (χ3n) is 3.52. The molecule has 0 heterocycles. The van der Waals surface area contributed by atoms with Gasteiger partial charge in [-0.05, 0) is 17.7 Å². The third kappa shape index (κ3) is 2.05. The lowest BCUT2D eigenvalue weighted by molar-refractivity contribution is 0.592. The molecule has 0 amide bonds. The topological polar surface area (TPSA) is 81.7 Å². The summed E-state index contributed by atoms with van der Waals surface area (Å²) in [6.45, 7) is 1.53. The molecule has 4 nitrogen and oxygen atoms in total. The average molecular weight is 339 g/mol. The van der Waals surface area contributed by atoms with Gasteiger partial charge in [0.25, 0.3) is 0 Å². The zero-order valence-electron chi connectivity index (χ0n) is 10.2. The van der Waals surface area contributed by atoms with Gasteiger partial charge in [-0.15, -0.1) is 0 Å². The summed E-state index contributed by atoms with van der Waals surface area (Å²) >= 11 is 3.30. The summed E-state index contributed by atoms with van der Waals surface area (Å²) in [5, 5.41) is 17.5. The van der Waals surface area contributed by atoms with Crippen molar-refractivity contribution in [2.45, 2.75) is 18.1 Å². The van der Waals surface area contributed by atoms with Gasteiger partial charge < -0.3 is 0 Å².